The van der Waals surface area contributed by atoms with E-state index in [0.717, 1.165) is 24.8 Å². The third-order valence-corrected chi connectivity index (χ3v) is 5.88. The lowest BCUT2D eigenvalue weighted by atomic mass is 9.80. The highest BCUT2D eigenvalue weighted by atomic mass is 16.5. The third kappa shape index (κ3) is 3.33. The molecule has 146 valence electrons. The van der Waals surface area contributed by atoms with E-state index in [9.17, 15) is 9.59 Å². The zero-order chi connectivity index (χ0) is 19.6. The first-order valence-electron chi connectivity index (χ1n) is 9.32. The van der Waals surface area contributed by atoms with Crippen LogP contribution in [-0.4, -0.2) is 42.6 Å². The smallest absolute Gasteiger partial charge is 0.268 e. The monoisotopic (exact) mass is 372 g/mol. The lowest BCUT2D eigenvalue weighted by Crippen LogP contribution is -2.61. The maximum Gasteiger partial charge on any atom is 0.268 e. The van der Waals surface area contributed by atoms with Gasteiger partial charge in [-0.3, -0.25) is 9.59 Å². The molecule has 0 aromatic heterocycles. The van der Waals surface area contributed by atoms with Gasteiger partial charge in [-0.2, -0.15) is 5.01 Å². The summed E-state index contributed by atoms with van der Waals surface area (Å²) in [6.45, 7) is 2.00. The number of hydrogen-bond acceptors (Lipinski definition) is 5. The Morgan fingerprint density at radius 2 is 2.04 bits per heavy atom. The standard InChI is InChI=1S/C20H28N4O3/c1-13(14-7-5-4-6-8-14)24-20(19(21)26,12-17(23-24)18(25)22-2)15-9-10-16(11-15)27-3/h4-8,12-13,15-16,23H,9-11H2,1-3H3,(H2,21,26)(H,22,25)/t13-,15+,16+,20?/m0/s1. The summed E-state index contributed by atoms with van der Waals surface area (Å²) >= 11 is 0. The van der Waals surface area contributed by atoms with Crippen LogP contribution in [0.4, 0.5) is 0 Å². The summed E-state index contributed by atoms with van der Waals surface area (Å²) in [6.07, 6.45) is 4.19. The molecule has 1 aromatic carbocycles. The van der Waals surface area contributed by atoms with E-state index in [2.05, 4.69) is 10.7 Å². The SMILES string of the molecule is CNC(=O)C1=CC(C(N)=O)([C@@H]2CC[C@@H](OC)C2)N([C@@H](C)c2ccccc2)N1. The van der Waals surface area contributed by atoms with Crippen LogP contribution in [0.15, 0.2) is 42.1 Å². The molecule has 7 heteroatoms. The quantitative estimate of drug-likeness (QED) is 0.698. The Bertz CT molecular complexity index is 736. The third-order valence-electron chi connectivity index (χ3n) is 5.88. The Hall–Kier alpha value is -2.38. The van der Waals surface area contributed by atoms with Crippen molar-refractivity contribution >= 4 is 11.8 Å². The van der Waals surface area contributed by atoms with Gasteiger partial charge in [-0.1, -0.05) is 30.3 Å². The number of amides is 2. The fourth-order valence-electron chi connectivity index (χ4n) is 4.35. The van der Waals surface area contributed by atoms with Crippen LogP contribution < -0.4 is 16.5 Å². The average molecular weight is 372 g/mol. The van der Waals surface area contributed by atoms with Gasteiger partial charge in [-0.05, 0) is 43.7 Å². The molecule has 4 atom stereocenters. The number of primary amides is 1. The summed E-state index contributed by atoms with van der Waals surface area (Å²) in [4.78, 5) is 25.2. The molecule has 1 heterocycles. The highest BCUT2D eigenvalue weighted by molar-refractivity contribution is 5.97. The van der Waals surface area contributed by atoms with Crippen LogP contribution in [0.3, 0.4) is 0 Å². The normalized spacial score (nSPS) is 29.1. The molecule has 0 saturated heterocycles. The van der Waals surface area contributed by atoms with Crippen LogP contribution in [-0.2, 0) is 14.3 Å². The highest BCUT2D eigenvalue weighted by Gasteiger charge is 2.55. The van der Waals surface area contributed by atoms with Crippen molar-refractivity contribution in [1.82, 2.24) is 15.8 Å². The summed E-state index contributed by atoms with van der Waals surface area (Å²) in [6, 6.07) is 9.70. The molecule has 1 aliphatic carbocycles. The summed E-state index contributed by atoms with van der Waals surface area (Å²) in [5.41, 5.74) is 9.42. The number of carbonyl (C=O) groups excluding carboxylic acids is 2. The van der Waals surface area contributed by atoms with Crippen LogP contribution >= 0.6 is 0 Å². The van der Waals surface area contributed by atoms with Crippen LogP contribution in [0.2, 0.25) is 0 Å². The van der Waals surface area contributed by atoms with E-state index in [1.807, 2.05) is 42.3 Å². The molecule has 1 fully saturated rings. The molecule has 7 nitrogen and oxygen atoms in total. The van der Waals surface area contributed by atoms with Gasteiger partial charge in [0.05, 0.1) is 12.1 Å². The number of nitrogens with zero attached hydrogens (tertiary/aromatic N) is 1. The first-order chi connectivity index (χ1) is 12.9. The molecule has 0 radical (unpaired) electrons. The number of methoxy groups -OCH3 is 1. The number of likely N-dealkylation sites (N-methyl/N-ethyl adjacent to an activating group) is 1. The van der Waals surface area contributed by atoms with E-state index in [1.165, 1.54) is 0 Å². The van der Waals surface area contributed by atoms with Gasteiger partial charge in [-0.25, -0.2) is 0 Å². The molecule has 1 saturated carbocycles. The van der Waals surface area contributed by atoms with Gasteiger partial charge in [0.15, 0.2) is 0 Å². The number of carbonyl (C=O) groups is 2. The molecule has 3 rings (SSSR count). The number of ether oxygens (including phenoxy) is 1. The molecular formula is C20H28N4O3. The number of nitrogens with one attached hydrogen (secondary N) is 2. The zero-order valence-corrected chi connectivity index (χ0v) is 16.1. The minimum Gasteiger partial charge on any atom is -0.381 e. The zero-order valence-electron chi connectivity index (χ0n) is 16.1. The molecular weight excluding hydrogens is 344 g/mol. The lowest BCUT2D eigenvalue weighted by molar-refractivity contribution is -0.134. The second-order valence-corrected chi connectivity index (χ2v) is 7.26. The lowest BCUT2D eigenvalue weighted by Gasteiger charge is -2.42. The van der Waals surface area contributed by atoms with E-state index in [1.54, 1.807) is 20.2 Å². The Morgan fingerprint density at radius 1 is 1.33 bits per heavy atom. The number of nitrogens with two attached hydrogens (primary N) is 1. The van der Waals surface area contributed by atoms with E-state index in [0.29, 0.717) is 5.70 Å². The Balaban J connectivity index is 2.04. The Kier molecular flexibility index (Phi) is 5.53. The van der Waals surface area contributed by atoms with Gasteiger partial charge in [-0.15, -0.1) is 0 Å². The molecule has 1 aromatic rings. The van der Waals surface area contributed by atoms with Crippen molar-refractivity contribution < 1.29 is 14.3 Å². The predicted molar refractivity (Wildman–Crippen MR) is 102 cm³/mol. The van der Waals surface area contributed by atoms with E-state index in [4.69, 9.17) is 10.5 Å². The van der Waals surface area contributed by atoms with Crippen molar-refractivity contribution in [2.24, 2.45) is 11.7 Å². The molecule has 1 unspecified atom stereocenters. The molecule has 27 heavy (non-hydrogen) atoms. The van der Waals surface area contributed by atoms with Gasteiger partial charge < -0.3 is 21.2 Å². The second-order valence-electron chi connectivity index (χ2n) is 7.26. The number of benzene rings is 1. The second kappa shape index (κ2) is 7.70. The van der Waals surface area contributed by atoms with Crippen molar-refractivity contribution in [2.45, 2.75) is 43.9 Å². The summed E-state index contributed by atoms with van der Waals surface area (Å²) in [7, 11) is 3.25. The van der Waals surface area contributed by atoms with Crippen LogP contribution in [0.25, 0.3) is 0 Å². The molecule has 2 aliphatic rings. The van der Waals surface area contributed by atoms with Crippen molar-refractivity contribution in [3.8, 4) is 0 Å². The largest absolute Gasteiger partial charge is 0.381 e. The van der Waals surface area contributed by atoms with E-state index >= 15 is 0 Å². The van der Waals surface area contributed by atoms with Crippen LogP contribution in [0.1, 0.15) is 37.8 Å². The van der Waals surface area contributed by atoms with Gasteiger partial charge in [0.2, 0.25) is 5.91 Å². The maximum atomic E-state index is 12.8. The highest BCUT2D eigenvalue weighted by Crippen LogP contribution is 2.45. The minimum atomic E-state index is -1.09. The molecule has 0 bridgehead atoms. The minimum absolute atomic E-state index is 0.0410. The van der Waals surface area contributed by atoms with Gasteiger partial charge in [0.1, 0.15) is 11.2 Å². The topological polar surface area (TPSA) is 96.7 Å². The predicted octanol–water partition coefficient (Wildman–Crippen LogP) is 1.24. The van der Waals surface area contributed by atoms with Gasteiger partial charge in [0, 0.05) is 14.2 Å². The Labute approximate surface area is 159 Å². The van der Waals surface area contributed by atoms with Crippen molar-refractivity contribution in [2.75, 3.05) is 14.2 Å². The van der Waals surface area contributed by atoms with Crippen molar-refractivity contribution in [1.29, 1.82) is 0 Å². The van der Waals surface area contributed by atoms with Crippen LogP contribution in [0, 0.1) is 5.92 Å². The summed E-state index contributed by atoms with van der Waals surface area (Å²) < 4.78 is 5.51. The number of hydrazine groups is 1. The van der Waals surface area contributed by atoms with Crippen molar-refractivity contribution in [3.05, 3.63) is 47.7 Å². The van der Waals surface area contributed by atoms with E-state index < -0.39 is 11.4 Å². The maximum absolute atomic E-state index is 12.8. The summed E-state index contributed by atoms with van der Waals surface area (Å²) in [5, 5.41) is 4.47. The Morgan fingerprint density at radius 3 is 2.59 bits per heavy atom. The summed E-state index contributed by atoms with van der Waals surface area (Å²) in [5.74, 6) is -0.774. The molecule has 1 aliphatic heterocycles. The van der Waals surface area contributed by atoms with Gasteiger partial charge >= 0.3 is 0 Å². The fourth-order valence-corrected chi connectivity index (χ4v) is 4.35. The van der Waals surface area contributed by atoms with Crippen LogP contribution in [0.5, 0.6) is 0 Å². The number of hydrogen-bond donors (Lipinski definition) is 3. The fraction of sp³-hybridized carbons (Fsp3) is 0.500. The first-order valence-corrected chi connectivity index (χ1v) is 9.32. The number of rotatable bonds is 6. The van der Waals surface area contributed by atoms with Gasteiger partial charge in [0.25, 0.3) is 5.91 Å². The first kappa shape index (κ1) is 19.4. The molecule has 2 amide bonds. The average Bonchev–Trinajstić information content (AvgIpc) is 3.33. The molecule has 0 spiro atoms. The molecule has 4 N–H and O–H groups in total. The van der Waals surface area contributed by atoms with Crippen molar-refractivity contribution in [3.63, 3.8) is 0 Å². The van der Waals surface area contributed by atoms with E-state index in [-0.39, 0.29) is 24.0 Å².